The molecule has 0 aliphatic carbocycles. The summed E-state index contributed by atoms with van der Waals surface area (Å²) in [4.78, 5) is 17.5. The van der Waals surface area contributed by atoms with Gasteiger partial charge in [0.05, 0.1) is 0 Å². The van der Waals surface area contributed by atoms with Crippen molar-refractivity contribution in [1.29, 1.82) is 0 Å². The van der Waals surface area contributed by atoms with Crippen molar-refractivity contribution >= 4 is 56.7 Å². The number of amides is 1. The van der Waals surface area contributed by atoms with Crippen LogP contribution in [-0.4, -0.2) is 28.9 Å². The third-order valence-corrected chi connectivity index (χ3v) is 6.60. The summed E-state index contributed by atoms with van der Waals surface area (Å²) in [5.41, 5.74) is 2.48. The number of fused-ring (bicyclic) bond motifs is 1. The van der Waals surface area contributed by atoms with Crippen molar-refractivity contribution in [2.24, 2.45) is 0 Å². The second kappa shape index (κ2) is 10.2. The Hall–Kier alpha value is -2.48. The number of carbonyl (C=O) groups excluding carboxylic acids is 1. The van der Waals surface area contributed by atoms with Gasteiger partial charge in [-0.05, 0) is 42.2 Å². The zero-order valence-electron chi connectivity index (χ0n) is 16.9. The number of hydrogen-bond acceptors (Lipinski definition) is 6. The van der Waals surface area contributed by atoms with Crippen molar-refractivity contribution in [3.63, 3.8) is 0 Å². The van der Waals surface area contributed by atoms with E-state index in [1.165, 1.54) is 11.3 Å². The molecular formula is C23H22ClN3O2S2. The quantitative estimate of drug-likeness (QED) is 0.310. The lowest BCUT2D eigenvalue weighted by molar-refractivity contribution is -0.122. The third kappa shape index (κ3) is 5.42. The summed E-state index contributed by atoms with van der Waals surface area (Å²) in [7, 11) is 0. The predicted molar refractivity (Wildman–Crippen MR) is 131 cm³/mol. The van der Waals surface area contributed by atoms with Crippen LogP contribution in [0.5, 0.6) is 0 Å². The van der Waals surface area contributed by atoms with Crippen LogP contribution < -0.4 is 10.6 Å². The molecule has 1 amide bonds. The fourth-order valence-corrected chi connectivity index (χ4v) is 4.59. The molecule has 2 heterocycles. The molecular weight excluding hydrogens is 450 g/mol. The van der Waals surface area contributed by atoms with Gasteiger partial charge in [0, 0.05) is 22.3 Å². The van der Waals surface area contributed by atoms with Crippen LogP contribution >= 0.6 is 34.7 Å². The molecule has 8 heteroatoms. The van der Waals surface area contributed by atoms with Gasteiger partial charge >= 0.3 is 0 Å². The van der Waals surface area contributed by atoms with Crippen LogP contribution in [0.3, 0.4) is 0 Å². The topological polar surface area (TPSA) is 67.2 Å². The molecule has 0 aliphatic rings. The fourth-order valence-electron chi connectivity index (χ4n) is 3.16. The zero-order chi connectivity index (χ0) is 21.6. The maximum atomic E-state index is 12.9. The van der Waals surface area contributed by atoms with E-state index in [1.807, 2.05) is 66.2 Å². The molecule has 0 aliphatic heterocycles. The Bertz CT molecular complexity index is 1140. The smallest absolute Gasteiger partial charge is 0.242 e. The van der Waals surface area contributed by atoms with Gasteiger partial charge in [-0.1, -0.05) is 48.0 Å². The average Bonchev–Trinajstić information content (AvgIpc) is 3.42. The Morgan fingerprint density at radius 3 is 2.84 bits per heavy atom. The maximum absolute atomic E-state index is 12.9. The molecule has 0 spiro atoms. The number of hydrogen-bond donors (Lipinski definition) is 2. The van der Waals surface area contributed by atoms with Crippen molar-refractivity contribution in [2.75, 3.05) is 17.3 Å². The highest BCUT2D eigenvalue weighted by Gasteiger charge is 2.20. The van der Waals surface area contributed by atoms with E-state index in [0.29, 0.717) is 28.9 Å². The number of furan rings is 1. The number of carbonyl (C=O) groups is 1. The average molecular weight is 472 g/mol. The van der Waals surface area contributed by atoms with Crippen LogP contribution in [0.25, 0.3) is 22.4 Å². The Balaban J connectivity index is 1.45. The molecule has 0 fully saturated rings. The Morgan fingerprint density at radius 2 is 2.03 bits per heavy atom. The molecule has 0 saturated heterocycles. The highest BCUT2D eigenvalue weighted by atomic mass is 35.5. The summed E-state index contributed by atoms with van der Waals surface area (Å²) >= 11 is 9.37. The minimum absolute atomic E-state index is 0.0746. The van der Waals surface area contributed by atoms with E-state index in [1.54, 1.807) is 11.8 Å². The SMILES string of the molecule is CSCC[C@@H](Nc1nc(-c2cc3ccccc3o2)cs1)C(=O)NCc1ccccc1Cl. The molecule has 2 aromatic heterocycles. The molecule has 1 atom stereocenters. The number of rotatable bonds is 9. The molecule has 0 bridgehead atoms. The molecule has 0 radical (unpaired) electrons. The fraction of sp³-hybridized carbons (Fsp3) is 0.217. The minimum Gasteiger partial charge on any atom is -0.454 e. The van der Waals surface area contributed by atoms with Crippen molar-refractivity contribution in [3.05, 3.63) is 70.6 Å². The van der Waals surface area contributed by atoms with E-state index >= 15 is 0 Å². The minimum atomic E-state index is -0.385. The first-order valence-corrected chi connectivity index (χ1v) is 12.5. The number of anilines is 1. The molecule has 4 rings (SSSR count). The van der Waals surface area contributed by atoms with Crippen LogP contribution in [0.1, 0.15) is 12.0 Å². The van der Waals surface area contributed by atoms with E-state index in [9.17, 15) is 4.79 Å². The number of aromatic nitrogens is 1. The summed E-state index contributed by atoms with van der Waals surface area (Å²) in [5, 5.41) is 10.6. The summed E-state index contributed by atoms with van der Waals surface area (Å²) in [6, 6.07) is 17.0. The van der Waals surface area contributed by atoms with Gasteiger partial charge < -0.3 is 15.1 Å². The van der Waals surface area contributed by atoms with Gasteiger partial charge in [-0.15, -0.1) is 11.3 Å². The lowest BCUT2D eigenvalue weighted by Crippen LogP contribution is -2.39. The van der Waals surface area contributed by atoms with E-state index in [-0.39, 0.29) is 11.9 Å². The number of nitrogens with one attached hydrogen (secondary N) is 2. The molecule has 4 aromatic rings. The van der Waals surface area contributed by atoms with Gasteiger partial charge in [-0.3, -0.25) is 4.79 Å². The first kappa shape index (κ1) is 21.7. The predicted octanol–water partition coefficient (Wildman–Crippen LogP) is 6.06. The molecule has 0 unspecified atom stereocenters. The van der Waals surface area contributed by atoms with Crippen LogP contribution in [-0.2, 0) is 11.3 Å². The first-order chi connectivity index (χ1) is 15.1. The van der Waals surface area contributed by atoms with Crippen LogP contribution in [0, 0.1) is 0 Å². The van der Waals surface area contributed by atoms with Crippen molar-refractivity contribution in [2.45, 2.75) is 19.0 Å². The number of nitrogens with zero attached hydrogens (tertiary/aromatic N) is 1. The second-order valence-electron chi connectivity index (χ2n) is 6.97. The molecule has 0 saturated carbocycles. The highest BCUT2D eigenvalue weighted by Crippen LogP contribution is 2.30. The normalized spacial score (nSPS) is 12.1. The van der Waals surface area contributed by atoms with Crippen LogP contribution in [0.2, 0.25) is 5.02 Å². The summed E-state index contributed by atoms with van der Waals surface area (Å²) in [6.07, 6.45) is 2.72. The van der Waals surface area contributed by atoms with E-state index in [0.717, 1.165) is 28.0 Å². The summed E-state index contributed by atoms with van der Waals surface area (Å²) in [5.74, 6) is 1.50. The largest absolute Gasteiger partial charge is 0.454 e. The van der Waals surface area contributed by atoms with E-state index in [2.05, 4.69) is 15.6 Å². The lowest BCUT2D eigenvalue weighted by Gasteiger charge is -2.18. The molecule has 2 N–H and O–H groups in total. The van der Waals surface area contributed by atoms with Crippen LogP contribution in [0.15, 0.2) is 64.4 Å². The second-order valence-corrected chi connectivity index (χ2v) is 9.22. The van der Waals surface area contributed by atoms with Crippen LogP contribution in [0.4, 0.5) is 5.13 Å². The number of halogens is 1. The van der Waals surface area contributed by atoms with Gasteiger partial charge in [0.1, 0.15) is 17.3 Å². The highest BCUT2D eigenvalue weighted by molar-refractivity contribution is 7.98. The number of benzene rings is 2. The van der Waals surface area contributed by atoms with Crippen molar-refractivity contribution in [3.8, 4) is 11.5 Å². The lowest BCUT2D eigenvalue weighted by atomic mass is 10.2. The van der Waals surface area contributed by atoms with Crippen molar-refractivity contribution in [1.82, 2.24) is 10.3 Å². The Labute approximate surface area is 194 Å². The zero-order valence-corrected chi connectivity index (χ0v) is 19.3. The third-order valence-electron chi connectivity index (χ3n) is 4.82. The summed E-state index contributed by atoms with van der Waals surface area (Å²) in [6.45, 7) is 0.387. The Morgan fingerprint density at radius 1 is 1.23 bits per heavy atom. The van der Waals surface area contributed by atoms with E-state index in [4.69, 9.17) is 16.0 Å². The summed E-state index contributed by atoms with van der Waals surface area (Å²) < 4.78 is 5.90. The maximum Gasteiger partial charge on any atom is 0.242 e. The van der Waals surface area contributed by atoms with Gasteiger partial charge in [0.15, 0.2) is 10.9 Å². The van der Waals surface area contributed by atoms with E-state index < -0.39 is 0 Å². The standard InChI is InChI=1S/C23H22ClN3O2S2/c1-30-11-10-18(22(28)25-13-16-7-2-4-8-17(16)24)26-23-27-19(14-31-23)21-12-15-6-3-5-9-20(15)29-21/h2-9,12,14,18H,10-11,13H2,1H3,(H,25,28)(H,26,27)/t18-/m1/s1. The number of thiazole rings is 1. The van der Waals surface area contributed by atoms with Gasteiger partial charge in [0.2, 0.25) is 5.91 Å². The Kier molecular flexibility index (Phi) is 7.17. The van der Waals surface area contributed by atoms with Crippen molar-refractivity contribution < 1.29 is 9.21 Å². The molecule has 2 aromatic carbocycles. The van der Waals surface area contributed by atoms with Gasteiger partial charge in [-0.25, -0.2) is 4.98 Å². The molecule has 160 valence electrons. The monoisotopic (exact) mass is 471 g/mol. The number of para-hydroxylation sites is 1. The molecule has 5 nitrogen and oxygen atoms in total. The van der Waals surface area contributed by atoms with Gasteiger partial charge in [0.25, 0.3) is 0 Å². The first-order valence-electron chi connectivity index (χ1n) is 9.85. The molecule has 31 heavy (non-hydrogen) atoms. The van der Waals surface area contributed by atoms with Gasteiger partial charge in [-0.2, -0.15) is 11.8 Å². The number of thioether (sulfide) groups is 1.